The molecule has 0 aromatic rings. The first-order chi connectivity index (χ1) is 6.41. The molecule has 0 unspecified atom stereocenters. The van der Waals surface area contributed by atoms with Gasteiger partial charge in [-0.25, -0.2) is 0 Å². The monoisotopic (exact) mass is 197 g/mol. The Hall–Kier alpha value is -0.990. The molecule has 14 heavy (non-hydrogen) atoms. The van der Waals surface area contributed by atoms with E-state index in [-0.39, 0.29) is 6.54 Å². The maximum Gasteiger partial charge on any atom is 0.322 e. The Morgan fingerprint density at radius 2 is 2.21 bits per heavy atom. The Morgan fingerprint density at radius 1 is 1.57 bits per heavy atom. The molecule has 3 nitrogen and oxygen atoms in total. The van der Waals surface area contributed by atoms with Crippen molar-refractivity contribution >= 4 is 5.97 Å². The summed E-state index contributed by atoms with van der Waals surface area (Å²) in [7, 11) is 0. The van der Waals surface area contributed by atoms with Crippen LogP contribution in [0.1, 0.15) is 40.0 Å². The van der Waals surface area contributed by atoms with Crippen molar-refractivity contribution in [1.29, 1.82) is 0 Å². The first-order valence-corrected chi connectivity index (χ1v) is 5.05. The van der Waals surface area contributed by atoms with Gasteiger partial charge in [-0.15, -0.1) is 0 Å². The van der Waals surface area contributed by atoms with E-state index < -0.39 is 5.97 Å². The first kappa shape index (κ1) is 11.1. The van der Waals surface area contributed by atoms with E-state index in [4.69, 9.17) is 5.11 Å². The molecule has 0 aromatic heterocycles. The second-order valence-electron chi connectivity index (χ2n) is 4.85. The van der Waals surface area contributed by atoms with E-state index in [1.165, 1.54) is 12.0 Å². The average molecular weight is 197 g/mol. The number of nitrogens with one attached hydrogen (secondary N) is 1. The average Bonchev–Trinajstić information content (AvgIpc) is 2.06. The van der Waals surface area contributed by atoms with Crippen molar-refractivity contribution in [3.05, 3.63) is 11.3 Å². The van der Waals surface area contributed by atoms with Crippen LogP contribution in [0.3, 0.4) is 0 Å². The summed E-state index contributed by atoms with van der Waals surface area (Å²) in [6.45, 7) is 6.56. The molecule has 80 valence electrons. The van der Waals surface area contributed by atoms with Crippen molar-refractivity contribution in [1.82, 2.24) is 5.32 Å². The van der Waals surface area contributed by atoms with Crippen molar-refractivity contribution in [3.8, 4) is 0 Å². The fourth-order valence-electron chi connectivity index (χ4n) is 1.79. The van der Waals surface area contributed by atoms with E-state index in [2.05, 4.69) is 26.1 Å². The minimum absolute atomic E-state index is 0.0305. The molecule has 0 fully saturated rings. The van der Waals surface area contributed by atoms with Crippen molar-refractivity contribution < 1.29 is 9.90 Å². The molecule has 1 aliphatic rings. The van der Waals surface area contributed by atoms with Crippen LogP contribution in [0.15, 0.2) is 11.3 Å². The van der Waals surface area contributed by atoms with Crippen LogP contribution < -0.4 is 5.32 Å². The molecule has 0 saturated heterocycles. The van der Waals surface area contributed by atoms with Gasteiger partial charge in [-0.1, -0.05) is 19.4 Å². The number of carboxylic acid groups (broad SMARTS) is 1. The number of allylic oxidation sites excluding steroid dienone is 2. The van der Waals surface area contributed by atoms with Crippen LogP contribution in [0.25, 0.3) is 0 Å². The zero-order chi connectivity index (χ0) is 10.8. The second kappa shape index (κ2) is 4.03. The topological polar surface area (TPSA) is 49.3 Å². The van der Waals surface area contributed by atoms with Crippen molar-refractivity contribution in [2.75, 3.05) is 6.54 Å². The Bertz CT molecular complexity index is 266. The van der Waals surface area contributed by atoms with Gasteiger partial charge < -0.3 is 10.4 Å². The van der Waals surface area contributed by atoms with Gasteiger partial charge in [-0.05, 0) is 31.6 Å². The van der Waals surface area contributed by atoms with Crippen molar-refractivity contribution in [2.24, 2.45) is 5.41 Å². The summed E-state index contributed by atoms with van der Waals surface area (Å²) in [5.74, 6) is -0.798. The molecule has 0 radical (unpaired) electrons. The molecule has 0 atom stereocenters. The highest BCUT2D eigenvalue weighted by molar-refractivity contribution is 5.69. The van der Waals surface area contributed by atoms with Gasteiger partial charge in [0, 0.05) is 5.70 Å². The lowest BCUT2D eigenvalue weighted by molar-refractivity contribution is -0.135. The molecular formula is C11H19NO2. The largest absolute Gasteiger partial charge is 0.480 e. The van der Waals surface area contributed by atoms with E-state index in [0.29, 0.717) is 5.41 Å². The van der Waals surface area contributed by atoms with Crippen molar-refractivity contribution in [2.45, 2.75) is 40.0 Å². The fraction of sp³-hybridized carbons (Fsp3) is 0.727. The van der Waals surface area contributed by atoms with E-state index >= 15 is 0 Å². The first-order valence-electron chi connectivity index (χ1n) is 5.05. The van der Waals surface area contributed by atoms with Crippen molar-refractivity contribution in [3.63, 3.8) is 0 Å². The predicted molar refractivity (Wildman–Crippen MR) is 56.0 cm³/mol. The summed E-state index contributed by atoms with van der Waals surface area (Å²) in [5, 5.41) is 11.6. The summed E-state index contributed by atoms with van der Waals surface area (Å²) < 4.78 is 0. The van der Waals surface area contributed by atoms with Gasteiger partial charge in [0.2, 0.25) is 0 Å². The normalized spacial score (nSPS) is 20.8. The van der Waals surface area contributed by atoms with Crippen LogP contribution in [-0.4, -0.2) is 17.6 Å². The van der Waals surface area contributed by atoms with Crippen LogP contribution in [0.5, 0.6) is 0 Å². The zero-order valence-corrected chi connectivity index (χ0v) is 9.18. The third-order valence-corrected chi connectivity index (χ3v) is 2.80. The van der Waals surface area contributed by atoms with Crippen LogP contribution >= 0.6 is 0 Å². The lowest BCUT2D eigenvalue weighted by Crippen LogP contribution is -2.29. The summed E-state index contributed by atoms with van der Waals surface area (Å²) in [6, 6.07) is 0. The lowest BCUT2D eigenvalue weighted by Gasteiger charge is -2.32. The van der Waals surface area contributed by atoms with Crippen LogP contribution in [0, 0.1) is 5.41 Å². The third kappa shape index (κ3) is 3.05. The Morgan fingerprint density at radius 3 is 2.79 bits per heavy atom. The van der Waals surface area contributed by atoms with Gasteiger partial charge in [0.25, 0.3) is 0 Å². The number of carbonyl (C=O) groups is 1. The number of hydrogen-bond donors (Lipinski definition) is 2. The number of carboxylic acids is 1. The standard InChI is InChI=1S/C11H19NO2/c1-8-4-5-11(2,3)6-9(8)12-7-10(13)14/h12H,4-7H2,1-3H3,(H,13,14). The maximum absolute atomic E-state index is 10.4. The quantitative estimate of drug-likeness (QED) is 0.728. The van der Waals surface area contributed by atoms with Gasteiger partial charge in [0.15, 0.2) is 0 Å². The third-order valence-electron chi connectivity index (χ3n) is 2.80. The molecule has 0 spiro atoms. The molecule has 1 rings (SSSR count). The van der Waals surface area contributed by atoms with Gasteiger partial charge in [0.05, 0.1) is 0 Å². The summed E-state index contributed by atoms with van der Waals surface area (Å²) in [4.78, 5) is 10.4. The summed E-state index contributed by atoms with van der Waals surface area (Å²) >= 11 is 0. The molecule has 0 bridgehead atoms. The maximum atomic E-state index is 10.4. The van der Waals surface area contributed by atoms with Crippen LogP contribution in [0.4, 0.5) is 0 Å². The Balaban J connectivity index is 2.61. The van der Waals surface area contributed by atoms with Gasteiger partial charge in [0.1, 0.15) is 6.54 Å². The lowest BCUT2D eigenvalue weighted by atomic mass is 9.77. The molecule has 0 aromatic carbocycles. The fourth-order valence-corrected chi connectivity index (χ4v) is 1.79. The molecule has 2 N–H and O–H groups in total. The summed E-state index contributed by atoms with van der Waals surface area (Å²) in [6.07, 6.45) is 3.23. The number of hydrogen-bond acceptors (Lipinski definition) is 2. The summed E-state index contributed by atoms with van der Waals surface area (Å²) in [5.41, 5.74) is 2.74. The van der Waals surface area contributed by atoms with Gasteiger partial charge >= 0.3 is 5.97 Å². The van der Waals surface area contributed by atoms with E-state index in [9.17, 15) is 4.79 Å². The molecular weight excluding hydrogens is 178 g/mol. The minimum Gasteiger partial charge on any atom is -0.480 e. The highest BCUT2D eigenvalue weighted by Gasteiger charge is 2.25. The molecule has 0 amide bonds. The molecule has 0 saturated carbocycles. The highest BCUT2D eigenvalue weighted by Crippen LogP contribution is 2.37. The minimum atomic E-state index is -0.798. The SMILES string of the molecule is CC1=C(NCC(=O)O)CC(C)(C)CC1. The molecule has 0 heterocycles. The second-order valence-corrected chi connectivity index (χ2v) is 4.85. The van der Waals surface area contributed by atoms with Crippen LogP contribution in [0.2, 0.25) is 0 Å². The Labute approximate surface area is 85.2 Å². The molecule has 0 aliphatic heterocycles. The smallest absolute Gasteiger partial charge is 0.322 e. The molecule has 1 aliphatic carbocycles. The molecule has 3 heteroatoms. The number of rotatable bonds is 3. The van der Waals surface area contributed by atoms with E-state index in [1.54, 1.807) is 0 Å². The Kier molecular flexibility index (Phi) is 3.19. The number of aliphatic carboxylic acids is 1. The predicted octanol–water partition coefficient (Wildman–Crippen LogP) is 2.14. The van der Waals surface area contributed by atoms with E-state index in [0.717, 1.165) is 18.5 Å². The van der Waals surface area contributed by atoms with E-state index in [1.807, 2.05) is 0 Å². The van der Waals surface area contributed by atoms with Gasteiger partial charge in [-0.3, -0.25) is 4.79 Å². The van der Waals surface area contributed by atoms with Gasteiger partial charge in [-0.2, -0.15) is 0 Å². The van der Waals surface area contributed by atoms with Crippen LogP contribution in [-0.2, 0) is 4.79 Å². The zero-order valence-electron chi connectivity index (χ0n) is 9.18. The highest BCUT2D eigenvalue weighted by atomic mass is 16.4.